The third-order valence-electron chi connectivity index (χ3n) is 4.18. The number of rotatable bonds is 6. The van der Waals surface area contributed by atoms with Gasteiger partial charge in [0.15, 0.2) is 0 Å². The molecular weight excluding hydrogens is 442 g/mol. The highest BCUT2D eigenvalue weighted by Gasteiger charge is 2.38. The SMILES string of the molecule is COC[C@H](C)NC(=O)c1cc(-c2ccc(F)cc2Cl)cc(-n2nnnc2C(F)(F)F)c1. The van der Waals surface area contributed by atoms with Crippen molar-refractivity contribution in [3.05, 3.63) is 58.6 Å². The standard InChI is InChI=1S/C19H16ClF4N5O2/c1-10(9-31-2)25-17(30)12-5-11(15-4-3-13(21)8-16(15)20)6-14(7-12)29-18(19(22,23)24)26-27-28-29/h3-8,10H,9H2,1-2H3,(H,25,30)/t10-/m0/s1. The van der Waals surface area contributed by atoms with E-state index in [9.17, 15) is 22.4 Å². The molecule has 1 N–H and O–H groups in total. The lowest BCUT2D eigenvalue weighted by atomic mass is 10.0. The summed E-state index contributed by atoms with van der Waals surface area (Å²) in [5, 5.41) is 12.2. The molecule has 3 rings (SSSR count). The van der Waals surface area contributed by atoms with Crippen LogP contribution >= 0.6 is 11.6 Å². The zero-order chi connectivity index (χ0) is 22.8. The highest BCUT2D eigenvalue weighted by molar-refractivity contribution is 6.33. The first-order chi connectivity index (χ1) is 14.6. The Bertz CT molecular complexity index is 1100. The Morgan fingerprint density at radius 1 is 1.26 bits per heavy atom. The fourth-order valence-corrected chi connectivity index (χ4v) is 3.16. The number of hydrogen-bond donors (Lipinski definition) is 1. The van der Waals surface area contributed by atoms with Gasteiger partial charge >= 0.3 is 6.18 Å². The summed E-state index contributed by atoms with van der Waals surface area (Å²) in [5.41, 5.74) is 0.487. The number of carbonyl (C=O) groups is 1. The minimum Gasteiger partial charge on any atom is -0.383 e. The van der Waals surface area contributed by atoms with E-state index in [1.54, 1.807) is 6.92 Å². The third kappa shape index (κ3) is 5.17. The second-order valence-electron chi connectivity index (χ2n) is 6.63. The molecule has 0 aliphatic rings. The maximum absolute atomic E-state index is 13.5. The first kappa shape index (κ1) is 22.6. The van der Waals surface area contributed by atoms with Crippen molar-refractivity contribution in [1.82, 2.24) is 25.5 Å². The summed E-state index contributed by atoms with van der Waals surface area (Å²) in [7, 11) is 1.47. The Kier molecular flexibility index (Phi) is 6.56. The van der Waals surface area contributed by atoms with E-state index >= 15 is 0 Å². The van der Waals surface area contributed by atoms with E-state index in [-0.39, 0.29) is 34.5 Å². The molecule has 7 nitrogen and oxygen atoms in total. The van der Waals surface area contributed by atoms with Gasteiger partial charge in [-0.3, -0.25) is 4.79 Å². The van der Waals surface area contributed by atoms with Crippen molar-refractivity contribution >= 4 is 17.5 Å². The van der Waals surface area contributed by atoms with Crippen molar-refractivity contribution < 1.29 is 27.1 Å². The predicted octanol–water partition coefficient (Wildman–Crippen LogP) is 3.91. The van der Waals surface area contributed by atoms with Gasteiger partial charge < -0.3 is 10.1 Å². The van der Waals surface area contributed by atoms with Gasteiger partial charge in [-0.05, 0) is 59.3 Å². The summed E-state index contributed by atoms with van der Waals surface area (Å²) in [5.74, 6) is -2.52. The number of aromatic nitrogens is 4. The zero-order valence-corrected chi connectivity index (χ0v) is 17.0. The van der Waals surface area contributed by atoms with Crippen molar-refractivity contribution in [3.63, 3.8) is 0 Å². The quantitative estimate of drug-likeness (QED) is 0.568. The smallest absolute Gasteiger partial charge is 0.383 e. The van der Waals surface area contributed by atoms with E-state index in [2.05, 4.69) is 20.8 Å². The summed E-state index contributed by atoms with van der Waals surface area (Å²) in [6.45, 7) is 1.93. The van der Waals surface area contributed by atoms with Crippen LogP contribution in [0.15, 0.2) is 36.4 Å². The van der Waals surface area contributed by atoms with Crippen LogP contribution in [0.4, 0.5) is 17.6 Å². The lowest BCUT2D eigenvalue weighted by Crippen LogP contribution is -2.35. The summed E-state index contributed by atoms with van der Waals surface area (Å²) in [4.78, 5) is 12.7. The lowest BCUT2D eigenvalue weighted by molar-refractivity contribution is -0.146. The molecule has 0 bridgehead atoms. The summed E-state index contributed by atoms with van der Waals surface area (Å²) >= 11 is 6.12. The van der Waals surface area contributed by atoms with Crippen molar-refractivity contribution in [2.45, 2.75) is 19.1 Å². The second-order valence-corrected chi connectivity index (χ2v) is 7.04. The van der Waals surface area contributed by atoms with Crippen LogP contribution in [0.2, 0.25) is 5.02 Å². The van der Waals surface area contributed by atoms with Crippen LogP contribution in [-0.4, -0.2) is 45.9 Å². The van der Waals surface area contributed by atoms with Gasteiger partial charge in [-0.25, -0.2) is 4.39 Å². The van der Waals surface area contributed by atoms with Crippen LogP contribution in [-0.2, 0) is 10.9 Å². The minimum absolute atomic E-state index is 0.0176. The number of halogens is 5. The van der Waals surface area contributed by atoms with Crippen molar-refractivity contribution in [2.24, 2.45) is 0 Å². The molecule has 1 amide bonds. The lowest BCUT2D eigenvalue weighted by Gasteiger charge is -2.15. The molecule has 3 aromatic rings. The van der Waals surface area contributed by atoms with Crippen LogP contribution in [0, 0.1) is 5.82 Å². The van der Waals surface area contributed by atoms with Gasteiger partial charge in [-0.2, -0.15) is 17.9 Å². The highest BCUT2D eigenvalue weighted by Crippen LogP contribution is 2.33. The number of benzene rings is 2. The molecule has 0 saturated carbocycles. The monoisotopic (exact) mass is 457 g/mol. The van der Waals surface area contributed by atoms with Crippen LogP contribution in [0.5, 0.6) is 0 Å². The first-order valence-corrected chi connectivity index (χ1v) is 9.24. The Labute approximate surface area is 179 Å². The Morgan fingerprint density at radius 3 is 2.65 bits per heavy atom. The van der Waals surface area contributed by atoms with E-state index in [1.807, 2.05) is 0 Å². The minimum atomic E-state index is -4.83. The third-order valence-corrected chi connectivity index (χ3v) is 4.50. The van der Waals surface area contributed by atoms with E-state index in [4.69, 9.17) is 16.3 Å². The summed E-state index contributed by atoms with van der Waals surface area (Å²) in [6.07, 6.45) is -4.83. The number of carbonyl (C=O) groups excluding carboxylic acids is 1. The number of tetrazole rings is 1. The molecule has 0 saturated heterocycles. The Balaban J connectivity index is 2.15. The largest absolute Gasteiger partial charge is 0.453 e. The van der Waals surface area contributed by atoms with Gasteiger partial charge in [0.2, 0.25) is 0 Å². The predicted molar refractivity (Wildman–Crippen MR) is 103 cm³/mol. The van der Waals surface area contributed by atoms with Gasteiger partial charge in [-0.15, -0.1) is 5.10 Å². The molecule has 31 heavy (non-hydrogen) atoms. The zero-order valence-electron chi connectivity index (χ0n) is 16.2. The number of ether oxygens (including phenoxy) is 1. The average molecular weight is 458 g/mol. The molecule has 0 unspecified atom stereocenters. The van der Waals surface area contributed by atoms with Gasteiger partial charge in [0.1, 0.15) is 5.82 Å². The molecule has 12 heteroatoms. The molecule has 1 aromatic heterocycles. The Morgan fingerprint density at radius 2 is 2.00 bits per heavy atom. The number of amides is 1. The van der Waals surface area contributed by atoms with E-state index < -0.39 is 23.7 Å². The number of alkyl halides is 3. The van der Waals surface area contributed by atoms with Crippen LogP contribution in [0.3, 0.4) is 0 Å². The van der Waals surface area contributed by atoms with Crippen molar-refractivity contribution in [1.29, 1.82) is 0 Å². The van der Waals surface area contributed by atoms with Gasteiger partial charge in [0.25, 0.3) is 11.7 Å². The maximum atomic E-state index is 13.5. The van der Waals surface area contributed by atoms with E-state index in [0.717, 1.165) is 12.1 Å². The molecule has 2 aromatic carbocycles. The fraction of sp³-hybridized carbons (Fsp3) is 0.263. The molecule has 0 radical (unpaired) electrons. The summed E-state index contributed by atoms with van der Waals surface area (Å²) < 4.78 is 58.8. The molecular formula is C19H16ClF4N5O2. The number of methoxy groups -OCH3 is 1. The summed E-state index contributed by atoms with van der Waals surface area (Å²) in [6, 6.07) is 7.15. The average Bonchev–Trinajstić information content (AvgIpc) is 3.18. The number of nitrogens with one attached hydrogen (secondary N) is 1. The number of nitrogens with zero attached hydrogens (tertiary/aromatic N) is 4. The molecule has 1 atom stereocenters. The molecule has 0 spiro atoms. The molecule has 1 heterocycles. The molecule has 0 aliphatic heterocycles. The molecule has 0 fully saturated rings. The van der Waals surface area contributed by atoms with Gasteiger partial charge in [-0.1, -0.05) is 11.6 Å². The fourth-order valence-electron chi connectivity index (χ4n) is 2.88. The molecule has 0 aliphatic carbocycles. The Hall–Kier alpha value is -3.05. The first-order valence-electron chi connectivity index (χ1n) is 8.86. The highest BCUT2D eigenvalue weighted by atomic mass is 35.5. The number of hydrogen-bond acceptors (Lipinski definition) is 5. The van der Waals surface area contributed by atoms with Crippen LogP contribution < -0.4 is 5.32 Å². The van der Waals surface area contributed by atoms with E-state index in [0.29, 0.717) is 10.2 Å². The topological polar surface area (TPSA) is 81.9 Å². The van der Waals surface area contributed by atoms with Gasteiger partial charge in [0.05, 0.1) is 17.3 Å². The van der Waals surface area contributed by atoms with Crippen LogP contribution in [0.25, 0.3) is 16.8 Å². The van der Waals surface area contributed by atoms with Crippen molar-refractivity contribution in [3.8, 4) is 16.8 Å². The second kappa shape index (κ2) is 8.98. The van der Waals surface area contributed by atoms with Crippen molar-refractivity contribution in [2.75, 3.05) is 13.7 Å². The molecule has 164 valence electrons. The van der Waals surface area contributed by atoms with Gasteiger partial charge in [0, 0.05) is 24.3 Å². The van der Waals surface area contributed by atoms with E-state index in [1.165, 1.54) is 31.4 Å². The maximum Gasteiger partial charge on any atom is 0.453 e. The normalized spacial score (nSPS) is 12.6. The van der Waals surface area contributed by atoms with Crippen LogP contribution in [0.1, 0.15) is 23.1 Å².